The zero-order valence-electron chi connectivity index (χ0n) is 11.4. The molecule has 5 heteroatoms. The Labute approximate surface area is 110 Å². The van der Waals surface area contributed by atoms with Gasteiger partial charge < -0.3 is 5.73 Å². The smallest absolute Gasteiger partial charge is 0.241 e. The van der Waals surface area contributed by atoms with E-state index < -0.39 is 10.0 Å². The lowest BCUT2D eigenvalue weighted by Gasteiger charge is -2.17. The summed E-state index contributed by atoms with van der Waals surface area (Å²) in [5.74, 6) is 0.454. The number of rotatable bonds is 5. The van der Waals surface area contributed by atoms with E-state index >= 15 is 0 Å². The summed E-state index contributed by atoms with van der Waals surface area (Å²) in [6, 6.07) is 4.75. The minimum absolute atomic E-state index is 0.0769. The van der Waals surface area contributed by atoms with Crippen molar-refractivity contribution in [2.75, 3.05) is 5.73 Å². The maximum Gasteiger partial charge on any atom is 0.241 e. The standard InChI is InChI=1S/C13H22N2O2S/c1-9(2)7-11(4)15-18(16,17)13-6-5-12(14)8-10(13)3/h5-6,8-9,11,15H,7,14H2,1-4H3. The van der Waals surface area contributed by atoms with Crippen LogP contribution in [0.5, 0.6) is 0 Å². The van der Waals surface area contributed by atoms with Gasteiger partial charge in [0.25, 0.3) is 0 Å². The molecule has 1 atom stereocenters. The molecule has 102 valence electrons. The summed E-state index contributed by atoms with van der Waals surface area (Å²) in [7, 11) is -3.46. The molecule has 0 fully saturated rings. The van der Waals surface area contributed by atoms with Crippen LogP contribution in [0.4, 0.5) is 5.69 Å². The molecule has 1 rings (SSSR count). The van der Waals surface area contributed by atoms with Crippen LogP contribution < -0.4 is 10.5 Å². The third-order valence-corrected chi connectivity index (χ3v) is 4.42. The number of aryl methyl sites for hydroxylation is 1. The average molecular weight is 270 g/mol. The van der Waals surface area contributed by atoms with Crippen molar-refractivity contribution in [2.24, 2.45) is 5.92 Å². The van der Waals surface area contributed by atoms with E-state index in [1.165, 1.54) is 0 Å². The van der Waals surface area contributed by atoms with Gasteiger partial charge in [-0.25, -0.2) is 13.1 Å². The molecule has 0 aliphatic rings. The first kappa shape index (κ1) is 15.0. The second kappa shape index (κ2) is 5.71. The second-order valence-electron chi connectivity index (χ2n) is 5.18. The number of nitrogen functional groups attached to an aromatic ring is 1. The van der Waals surface area contributed by atoms with Crippen molar-refractivity contribution in [3.63, 3.8) is 0 Å². The summed E-state index contributed by atoms with van der Waals surface area (Å²) < 4.78 is 27.1. The molecule has 0 radical (unpaired) electrons. The maximum atomic E-state index is 12.2. The second-order valence-corrected chi connectivity index (χ2v) is 6.86. The van der Waals surface area contributed by atoms with Crippen molar-refractivity contribution in [1.82, 2.24) is 4.72 Å². The molecule has 18 heavy (non-hydrogen) atoms. The van der Waals surface area contributed by atoms with Crippen molar-refractivity contribution >= 4 is 15.7 Å². The molecular weight excluding hydrogens is 248 g/mol. The molecule has 0 amide bonds. The van der Waals surface area contributed by atoms with E-state index in [4.69, 9.17) is 5.73 Å². The van der Waals surface area contributed by atoms with Gasteiger partial charge >= 0.3 is 0 Å². The van der Waals surface area contributed by atoms with Crippen molar-refractivity contribution < 1.29 is 8.42 Å². The van der Waals surface area contributed by atoms with Crippen LogP contribution in [-0.2, 0) is 10.0 Å². The Morgan fingerprint density at radius 3 is 2.39 bits per heavy atom. The van der Waals surface area contributed by atoms with E-state index in [0.29, 0.717) is 22.1 Å². The van der Waals surface area contributed by atoms with Gasteiger partial charge in [0.05, 0.1) is 4.90 Å². The molecule has 4 nitrogen and oxygen atoms in total. The number of nitrogens with one attached hydrogen (secondary N) is 1. The molecule has 0 heterocycles. The highest BCUT2D eigenvalue weighted by molar-refractivity contribution is 7.89. The molecule has 1 aromatic carbocycles. The van der Waals surface area contributed by atoms with E-state index in [0.717, 1.165) is 6.42 Å². The van der Waals surface area contributed by atoms with Crippen LogP contribution in [0, 0.1) is 12.8 Å². The van der Waals surface area contributed by atoms with Gasteiger partial charge in [0.1, 0.15) is 0 Å². The van der Waals surface area contributed by atoms with Crippen molar-refractivity contribution in [3.8, 4) is 0 Å². The van der Waals surface area contributed by atoms with Crippen molar-refractivity contribution in [2.45, 2.75) is 45.1 Å². The third kappa shape index (κ3) is 3.99. The molecule has 0 bridgehead atoms. The van der Waals surface area contributed by atoms with E-state index in [1.54, 1.807) is 25.1 Å². The van der Waals surface area contributed by atoms with Gasteiger partial charge in [-0.1, -0.05) is 13.8 Å². The van der Waals surface area contributed by atoms with Crippen LogP contribution in [-0.4, -0.2) is 14.5 Å². The number of sulfonamides is 1. The number of hydrogen-bond acceptors (Lipinski definition) is 3. The molecule has 1 aromatic rings. The highest BCUT2D eigenvalue weighted by atomic mass is 32.2. The summed E-state index contributed by atoms with van der Waals surface area (Å²) >= 11 is 0. The Balaban J connectivity index is 2.93. The largest absolute Gasteiger partial charge is 0.399 e. The number of benzene rings is 1. The van der Waals surface area contributed by atoms with Crippen LogP contribution in [0.25, 0.3) is 0 Å². The quantitative estimate of drug-likeness (QED) is 0.806. The van der Waals surface area contributed by atoms with Crippen LogP contribution in [0.2, 0.25) is 0 Å². The molecule has 1 unspecified atom stereocenters. The minimum Gasteiger partial charge on any atom is -0.399 e. The number of nitrogens with two attached hydrogens (primary N) is 1. The van der Waals surface area contributed by atoms with Gasteiger partial charge in [-0.3, -0.25) is 0 Å². The van der Waals surface area contributed by atoms with Crippen LogP contribution in [0.1, 0.15) is 32.8 Å². The zero-order valence-corrected chi connectivity index (χ0v) is 12.2. The van der Waals surface area contributed by atoms with Gasteiger partial charge in [0.2, 0.25) is 10.0 Å². The number of hydrogen-bond donors (Lipinski definition) is 2. The first-order valence-corrected chi connectivity index (χ1v) is 7.59. The van der Waals surface area contributed by atoms with Crippen LogP contribution in [0.15, 0.2) is 23.1 Å². The first-order valence-electron chi connectivity index (χ1n) is 6.11. The lowest BCUT2D eigenvalue weighted by Crippen LogP contribution is -2.33. The fourth-order valence-electron chi connectivity index (χ4n) is 2.06. The zero-order chi connectivity index (χ0) is 13.9. The molecule has 0 aliphatic carbocycles. The Hall–Kier alpha value is -1.07. The Morgan fingerprint density at radius 1 is 1.28 bits per heavy atom. The maximum absolute atomic E-state index is 12.2. The fraction of sp³-hybridized carbons (Fsp3) is 0.538. The normalized spacial score (nSPS) is 13.8. The van der Waals surface area contributed by atoms with Crippen LogP contribution in [0.3, 0.4) is 0 Å². The Bertz CT molecular complexity index is 510. The van der Waals surface area contributed by atoms with Gasteiger partial charge in [-0.2, -0.15) is 0 Å². The van der Waals surface area contributed by atoms with E-state index in [2.05, 4.69) is 18.6 Å². The predicted molar refractivity (Wildman–Crippen MR) is 74.8 cm³/mol. The topological polar surface area (TPSA) is 72.2 Å². The van der Waals surface area contributed by atoms with Crippen LogP contribution >= 0.6 is 0 Å². The summed E-state index contributed by atoms with van der Waals surface area (Å²) in [6.07, 6.45) is 0.813. The molecular formula is C13H22N2O2S. The highest BCUT2D eigenvalue weighted by Crippen LogP contribution is 2.18. The number of anilines is 1. The van der Waals surface area contributed by atoms with Crippen molar-refractivity contribution in [1.29, 1.82) is 0 Å². The lowest BCUT2D eigenvalue weighted by molar-refractivity contribution is 0.482. The lowest BCUT2D eigenvalue weighted by atomic mass is 10.1. The minimum atomic E-state index is -3.46. The monoisotopic (exact) mass is 270 g/mol. The fourth-order valence-corrected chi connectivity index (χ4v) is 3.54. The summed E-state index contributed by atoms with van der Waals surface area (Å²) in [5.41, 5.74) is 6.86. The summed E-state index contributed by atoms with van der Waals surface area (Å²) in [5, 5.41) is 0. The van der Waals surface area contributed by atoms with Gasteiger partial charge in [0.15, 0.2) is 0 Å². The molecule has 0 aliphatic heterocycles. The molecule has 0 spiro atoms. The Kier molecular flexibility index (Phi) is 4.76. The molecule has 3 N–H and O–H groups in total. The summed E-state index contributed by atoms with van der Waals surface area (Å²) in [6.45, 7) is 7.76. The first-order chi connectivity index (χ1) is 8.22. The van der Waals surface area contributed by atoms with E-state index in [1.807, 2.05) is 6.92 Å². The van der Waals surface area contributed by atoms with E-state index in [9.17, 15) is 8.42 Å². The molecule has 0 saturated heterocycles. The molecule has 0 aromatic heterocycles. The Morgan fingerprint density at radius 2 is 1.89 bits per heavy atom. The van der Waals surface area contributed by atoms with Crippen molar-refractivity contribution in [3.05, 3.63) is 23.8 Å². The van der Waals surface area contributed by atoms with Gasteiger partial charge in [0, 0.05) is 11.7 Å². The highest BCUT2D eigenvalue weighted by Gasteiger charge is 2.19. The van der Waals surface area contributed by atoms with Gasteiger partial charge in [-0.05, 0) is 49.9 Å². The van der Waals surface area contributed by atoms with Gasteiger partial charge in [-0.15, -0.1) is 0 Å². The SMILES string of the molecule is Cc1cc(N)ccc1S(=O)(=O)NC(C)CC(C)C. The predicted octanol–water partition coefficient (Wildman–Crippen LogP) is 2.29. The van der Waals surface area contributed by atoms with E-state index in [-0.39, 0.29) is 6.04 Å². The average Bonchev–Trinajstić information content (AvgIpc) is 2.13. The summed E-state index contributed by atoms with van der Waals surface area (Å²) in [4.78, 5) is 0.298. The molecule has 0 saturated carbocycles. The third-order valence-electron chi connectivity index (χ3n) is 2.67.